The van der Waals surface area contributed by atoms with Gasteiger partial charge in [-0.2, -0.15) is 0 Å². The monoisotopic (exact) mass is 390 g/mol. The van der Waals surface area contributed by atoms with Gasteiger partial charge < -0.3 is 20.4 Å². The highest BCUT2D eigenvalue weighted by Gasteiger charge is 2.38. The second-order valence-corrected chi connectivity index (χ2v) is 6.98. The molecule has 9 heteroatoms. The van der Waals surface area contributed by atoms with Gasteiger partial charge >= 0.3 is 0 Å². The molecule has 1 aromatic rings. The van der Waals surface area contributed by atoms with E-state index in [9.17, 15) is 23.6 Å². The standard InChI is InChI=1S/C19H23FN4O4/c1-12(25)23-8-9-24(19(28)13-4-2-5-14(20)10-13)16(11-23)18(27)22-15-6-3-7-21-17(15)26/h2,4-5,10,15-16H,3,6-9,11H2,1H3,(H,21,26)(H,22,27)/t15-,16+/m1/s1. The molecule has 0 aliphatic carbocycles. The first kappa shape index (κ1) is 19.8. The number of rotatable bonds is 3. The minimum absolute atomic E-state index is 0.0244. The Bertz CT molecular complexity index is 800. The van der Waals surface area contributed by atoms with Crippen LogP contribution in [0.3, 0.4) is 0 Å². The van der Waals surface area contributed by atoms with Gasteiger partial charge in [0.25, 0.3) is 5.91 Å². The van der Waals surface area contributed by atoms with Gasteiger partial charge in [0.05, 0.1) is 6.54 Å². The van der Waals surface area contributed by atoms with E-state index in [0.717, 1.165) is 12.5 Å². The van der Waals surface area contributed by atoms with Crippen molar-refractivity contribution in [1.29, 1.82) is 0 Å². The summed E-state index contributed by atoms with van der Waals surface area (Å²) in [7, 11) is 0. The van der Waals surface area contributed by atoms with E-state index >= 15 is 0 Å². The Morgan fingerprint density at radius 2 is 2.04 bits per heavy atom. The van der Waals surface area contributed by atoms with Crippen molar-refractivity contribution in [2.75, 3.05) is 26.2 Å². The number of halogens is 1. The average molecular weight is 390 g/mol. The van der Waals surface area contributed by atoms with E-state index in [0.29, 0.717) is 13.0 Å². The van der Waals surface area contributed by atoms with Gasteiger partial charge in [-0.25, -0.2) is 4.39 Å². The number of carbonyl (C=O) groups excluding carboxylic acids is 4. The number of piperazine rings is 1. The third-order valence-electron chi connectivity index (χ3n) is 5.06. The van der Waals surface area contributed by atoms with E-state index < -0.39 is 29.7 Å². The van der Waals surface area contributed by atoms with Crippen LogP contribution in [0.1, 0.15) is 30.1 Å². The van der Waals surface area contributed by atoms with Crippen LogP contribution in [-0.2, 0) is 14.4 Å². The van der Waals surface area contributed by atoms with Gasteiger partial charge in [-0.1, -0.05) is 6.07 Å². The maximum absolute atomic E-state index is 13.5. The quantitative estimate of drug-likeness (QED) is 0.753. The number of amides is 4. The van der Waals surface area contributed by atoms with Crippen molar-refractivity contribution in [2.45, 2.75) is 31.8 Å². The number of nitrogens with zero attached hydrogens (tertiary/aromatic N) is 2. The molecule has 150 valence electrons. The number of piperidine rings is 1. The normalized spacial score (nSPS) is 22.4. The summed E-state index contributed by atoms with van der Waals surface area (Å²) >= 11 is 0. The van der Waals surface area contributed by atoms with Crippen molar-refractivity contribution < 1.29 is 23.6 Å². The molecule has 4 amide bonds. The SMILES string of the molecule is CC(=O)N1CCN(C(=O)c2cccc(F)c2)[C@H](C(=O)N[C@@H]2CCCNC2=O)C1. The lowest BCUT2D eigenvalue weighted by Crippen LogP contribution is -2.63. The van der Waals surface area contributed by atoms with Crippen LogP contribution < -0.4 is 10.6 Å². The lowest BCUT2D eigenvalue weighted by Gasteiger charge is -2.40. The van der Waals surface area contributed by atoms with E-state index in [4.69, 9.17) is 0 Å². The Hall–Kier alpha value is -2.97. The minimum Gasteiger partial charge on any atom is -0.354 e. The largest absolute Gasteiger partial charge is 0.354 e. The van der Waals surface area contributed by atoms with Gasteiger partial charge in [0.1, 0.15) is 17.9 Å². The molecule has 2 atom stereocenters. The minimum atomic E-state index is -0.955. The summed E-state index contributed by atoms with van der Waals surface area (Å²) in [4.78, 5) is 52.3. The van der Waals surface area contributed by atoms with E-state index in [1.165, 1.54) is 34.9 Å². The van der Waals surface area contributed by atoms with Gasteiger partial charge in [-0.3, -0.25) is 19.2 Å². The Morgan fingerprint density at radius 3 is 2.71 bits per heavy atom. The molecule has 2 aliphatic heterocycles. The van der Waals surface area contributed by atoms with E-state index in [1.54, 1.807) is 0 Å². The van der Waals surface area contributed by atoms with Crippen LogP contribution in [0.25, 0.3) is 0 Å². The second-order valence-electron chi connectivity index (χ2n) is 6.98. The first-order valence-electron chi connectivity index (χ1n) is 9.27. The van der Waals surface area contributed by atoms with Crippen LogP contribution in [0.15, 0.2) is 24.3 Å². The highest BCUT2D eigenvalue weighted by Crippen LogP contribution is 2.16. The van der Waals surface area contributed by atoms with Gasteiger partial charge in [-0.15, -0.1) is 0 Å². The van der Waals surface area contributed by atoms with Gasteiger partial charge in [0, 0.05) is 32.1 Å². The van der Waals surface area contributed by atoms with Crippen molar-refractivity contribution in [3.63, 3.8) is 0 Å². The molecule has 28 heavy (non-hydrogen) atoms. The Kier molecular flexibility index (Phi) is 5.91. The molecule has 1 aromatic carbocycles. The van der Waals surface area contributed by atoms with Crippen LogP contribution in [0.4, 0.5) is 4.39 Å². The molecule has 2 aliphatic rings. The van der Waals surface area contributed by atoms with Crippen LogP contribution in [0, 0.1) is 5.82 Å². The predicted octanol–water partition coefficient (Wildman–Crippen LogP) is -0.107. The lowest BCUT2D eigenvalue weighted by atomic mass is 10.0. The fourth-order valence-electron chi connectivity index (χ4n) is 3.50. The Labute approximate surface area is 162 Å². The molecule has 2 heterocycles. The molecule has 8 nitrogen and oxygen atoms in total. The molecule has 2 saturated heterocycles. The molecule has 0 bridgehead atoms. The molecule has 0 unspecified atom stereocenters. The Morgan fingerprint density at radius 1 is 1.25 bits per heavy atom. The summed E-state index contributed by atoms with van der Waals surface area (Å²) in [5.74, 6) is -2.00. The molecule has 0 saturated carbocycles. The predicted molar refractivity (Wildman–Crippen MR) is 97.7 cm³/mol. The molecule has 0 spiro atoms. The number of nitrogens with one attached hydrogen (secondary N) is 2. The van der Waals surface area contributed by atoms with Crippen molar-refractivity contribution in [2.24, 2.45) is 0 Å². The lowest BCUT2D eigenvalue weighted by molar-refractivity contribution is -0.137. The van der Waals surface area contributed by atoms with E-state index in [2.05, 4.69) is 10.6 Å². The first-order valence-corrected chi connectivity index (χ1v) is 9.27. The second kappa shape index (κ2) is 8.37. The molecular weight excluding hydrogens is 367 g/mol. The summed E-state index contributed by atoms with van der Waals surface area (Å²) in [6.45, 7) is 2.41. The maximum Gasteiger partial charge on any atom is 0.254 e. The van der Waals surface area contributed by atoms with Crippen LogP contribution in [0.5, 0.6) is 0 Å². The van der Waals surface area contributed by atoms with Crippen LogP contribution in [-0.4, -0.2) is 71.7 Å². The van der Waals surface area contributed by atoms with Gasteiger partial charge in [0.2, 0.25) is 17.7 Å². The fourth-order valence-corrected chi connectivity index (χ4v) is 3.50. The van der Waals surface area contributed by atoms with Crippen LogP contribution >= 0.6 is 0 Å². The first-order chi connectivity index (χ1) is 13.4. The topological polar surface area (TPSA) is 98.8 Å². The molecule has 2 fully saturated rings. The molecule has 0 aromatic heterocycles. The summed E-state index contributed by atoms with van der Waals surface area (Å²) < 4.78 is 13.5. The van der Waals surface area contributed by atoms with Crippen molar-refractivity contribution in [1.82, 2.24) is 20.4 Å². The van der Waals surface area contributed by atoms with Gasteiger partial charge in [-0.05, 0) is 31.0 Å². The summed E-state index contributed by atoms with van der Waals surface area (Å²) in [6.07, 6.45) is 1.26. The zero-order valence-electron chi connectivity index (χ0n) is 15.6. The highest BCUT2D eigenvalue weighted by atomic mass is 19.1. The van der Waals surface area contributed by atoms with Crippen LogP contribution in [0.2, 0.25) is 0 Å². The molecule has 3 rings (SSSR count). The molecular formula is C19H23FN4O4. The van der Waals surface area contributed by atoms with Crippen molar-refractivity contribution in [3.8, 4) is 0 Å². The average Bonchev–Trinajstić information content (AvgIpc) is 2.68. The van der Waals surface area contributed by atoms with Crippen molar-refractivity contribution in [3.05, 3.63) is 35.6 Å². The summed E-state index contributed by atoms with van der Waals surface area (Å²) in [5.41, 5.74) is 0.129. The number of hydrogen-bond acceptors (Lipinski definition) is 4. The smallest absolute Gasteiger partial charge is 0.254 e. The number of hydrogen-bond donors (Lipinski definition) is 2. The highest BCUT2D eigenvalue weighted by molar-refractivity contribution is 5.99. The summed E-state index contributed by atoms with van der Waals surface area (Å²) in [5, 5.41) is 5.38. The van der Waals surface area contributed by atoms with Crippen molar-refractivity contribution >= 4 is 23.6 Å². The number of carbonyl (C=O) groups is 4. The zero-order valence-corrected chi connectivity index (χ0v) is 15.6. The van der Waals surface area contributed by atoms with E-state index in [1.807, 2.05) is 0 Å². The fraction of sp³-hybridized carbons (Fsp3) is 0.474. The Balaban J connectivity index is 1.80. The number of benzene rings is 1. The maximum atomic E-state index is 13.5. The van der Waals surface area contributed by atoms with Gasteiger partial charge in [0.15, 0.2) is 0 Å². The molecule has 0 radical (unpaired) electrons. The third kappa shape index (κ3) is 4.29. The molecule has 2 N–H and O–H groups in total. The zero-order chi connectivity index (χ0) is 20.3. The summed E-state index contributed by atoms with van der Waals surface area (Å²) in [6, 6.07) is 3.63. The third-order valence-corrected chi connectivity index (χ3v) is 5.06. The van der Waals surface area contributed by atoms with E-state index in [-0.39, 0.29) is 37.0 Å².